The van der Waals surface area contributed by atoms with Gasteiger partial charge in [-0.1, -0.05) is 6.07 Å². The van der Waals surface area contributed by atoms with Crippen molar-refractivity contribution in [2.24, 2.45) is 0 Å². The van der Waals surface area contributed by atoms with Gasteiger partial charge in [0.15, 0.2) is 5.78 Å². The first-order valence-corrected chi connectivity index (χ1v) is 4.42. The van der Waals surface area contributed by atoms with E-state index in [1.165, 1.54) is 18.2 Å². The summed E-state index contributed by atoms with van der Waals surface area (Å²) in [5, 5.41) is 19.1. The molecule has 0 spiro atoms. The number of benzene rings is 1. The minimum absolute atomic E-state index is 0.160. The van der Waals surface area contributed by atoms with Crippen molar-refractivity contribution < 1.29 is 19.6 Å². The van der Waals surface area contributed by atoms with Crippen molar-refractivity contribution in [2.45, 2.75) is 13.3 Å². The quantitative estimate of drug-likeness (QED) is 0.361. The van der Waals surface area contributed by atoms with Gasteiger partial charge in [0.2, 0.25) is 0 Å². The largest absolute Gasteiger partial charge is 0.481 e. The summed E-state index contributed by atoms with van der Waals surface area (Å²) in [4.78, 5) is 31.7. The number of carbonyl (C=O) groups is 2. The Labute approximate surface area is 90.7 Å². The number of hydrogen-bond donors (Lipinski definition) is 1. The molecule has 0 radical (unpaired) electrons. The van der Waals surface area contributed by atoms with Gasteiger partial charge < -0.3 is 5.11 Å². The molecule has 0 aromatic heterocycles. The van der Waals surface area contributed by atoms with Crippen LogP contribution in [0.1, 0.15) is 22.3 Å². The highest BCUT2D eigenvalue weighted by molar-refractivity contribution is 6.07. The zero-order valence-corrected chi connectivity index (χ0v) is 8.47. The maximum atomic E-state index is 11.4. The summed E-state index contributed by atoms with van der Waals surface area (Å²) < 4.78 is 0. The molecule has 0 atom stereocenters. The molecular formula is C10H9NO5. The molecule has 6 nitrogen and oxygen atoms in total. The van der Waals surface area contributed by atoms with Gasteiger partial charge in [-0.3, -0.25) is 19.7 Å². The molecular weight excluding hydrogens is 214 g/mol. The highest BCUT2D eigenvalue weighted by Gasteiger charge is 2.21. The van der Waals surface area contributed by atoms with Crippen molar-refractivity contribution in [3.8, 4) is 0 Å². The van der Waals surface area contributed by atoms with Gasteiger partial charge in [0.1, 0.15) is 6.42 Å². The summed E-state index contributed by atoms with van der Waals surface area (Å²) in [6.45, 7) is 1.67. The maximum Gasteiger partial charge on any atom is 0.311 e. The van der Waals surface area contributed by atoms with Crippen molar-refractivity contribution in [1.82, 2.24) is 0 Å². The molecule has 1 N–H and O–H groups in total. The second kappa shape index (κ2) is 4.52. The van der Waals surface area contributed by atoms with Crippen LogP contribution in [-0.4, -0.2) is 21.8 Å². The molecule has 1 aromatic carbocycles. The molecule has 0 saturated heterocycles. The van der Waals surface area contributed by atoms with E-state index in [1.807, 2.05) is 0 Å². The molecule has 84 valence electrons. The van der Waals surface area contributed by atoms with Crippen LogP contribution in [0.2, 0.25) is 0 Å². The summed E-state index contributed by atoms with van der Waals surface area (Å²) >= 11 is 0. The third-order valence-corrected chi connectivity index (χ3v) is 1.96. The summed E-state index contributed by atoms with van der Waals surface area (Å²) in [5.74, 6) is -2.07. The van der Waals surface area contributed by atoms with Gasteiger partial charge in [-0.15, -0.1) is 0 Å². The maximum absolute atomic E-state index is 11.4. The van der Waals surface area contributed by atoms with E-state index in [1.54, 1.807) is 6.92 Å². The van der Waals surface area contributed by atoms with Crippen molar-refractivity contribution in [3.05, 3.63) is 39.4 Å². The standard InChI is InChI=1S/C10H9NO5/c1-6-2-3-8(11(15)16)7(4-6)9(12)5-10(13)14/h2-4H,5H2,1H3,(H,13,14). The van der Waals surface area contributed by atoms with Gasteiger partial charge in [-0.25, -0.2) is 0 Å². The van der Waals surface area contributed by atoms with Crippen molar-refractivity contribution in [2.75, 3.05) is 0 Å². The van der Waals surface area contributed by atoms with Crippen LogP contribution in [0.3, 0.4) is 0 Å². The summed E-state index contributed by atoms with van der Waals surface area (Å²) in [7, 11) is 0. The molecule has 0 amide bonds. The van der Waals surface area contributed by atoms with Crippen LogP contribution in [0.25, 0.3) is 0 Å². The number of rotatable bonds is 4. The molecule has 0 aliphatic heterocycles. The molecule has 1 rings (SSSR count). The number of carbonyl (C=O) groups excluding carboxylic acids is 1. The predicted octanol–water partition coefficient (Wildman–Crippen LogP) is 1.56. The van der Waals surface area contributed by atoms with Gasteiger partial charge in [0.05, 0.1) is 10.5 Å². The molecule has 16 heavy (non-hydrogen) atoms. The van der Waals surface area contributed by atoms with E-state index >= 15 is 0 Å². The van der Waals surface area contributed by atoms with Crippen LogP contribution in [0, 0.1) is 17.0 Å². The fourth-order valence-electron chi connectivity index (χ4n) is 1.27. The van der Waals surface area contributed by atoms with Gasteiger partial charge >= 0.3 is 5.97 Å². The number of aliphatic carboxylic acids is 1. The van der Waals surface area contributed by atoms with Crippen LogP contribution in [0.4, 0.5) is 5.69 Å². The van der Waals surface area contributed by atoms with E-state index in [4.69, 9.17) is 5.11 Å². The smallest absolute Gasteiger partial charge is 0.311 e. The monoisotopic (exact) mass is 223 g/mol. The minimum atomic E-state index is -1.30. The van der Waals surface area contributed by atoms with E-state index in [0.717, 1.165) is 0 Å². The van der Waals surface area contributed by atoms with Gasteiger partial charge in [0, 0.05) is 6.07 Å². The number of carboxylic acids is 1. The number of Topliss-reactive ketones (excluding diaryl/α,β-unsaturated/α-hetero) is 1. The van der Waals surface area contributed by atoms with Crippen LogP contribution < -0.4 is 0 Å². The Bertz CT molecular complexity index is 466. The number of carboxylic acid groups (broad SMARTS) is 1. The van der Waals surface area contributed by atoms with E-state index in [9.17, 15) is 19.7 Å². The number of ketones is 1. The summed E-state index contributed by atoms with van der Waals surface area (Å²) in [6, 6.07) is 4.02. The summed E-state index contributed by atoms with van der Waals surface area (Å²) in [5.41, 5.74) is 0.142. The number of nitrogens with zero attached hydrogens (tertiary/aromatic N) is 1. The third-order valence-electron chi connectivity index (χ3n) is 1.96. The second-order valence-corrected chi connectivity index (χ2v) is 3.27. The molecule has 0 saturated carbocycles. The first-order chi connectivity index (χ1) is 7.41. The average Bonchev–Trinajstić information content (AvgIpc) is 2.15. The Balaban J connectivity index is 3.19. The second-order valence-electron chi connectivity index (χ2n) is 3.27. The first-order valence-electron chi connectivity index (χ1n) is 4.42. The number of nitro groups is 1. The predicted molar refractivity (Wildman–Crippen MR) is 54.4 cm³/mol. The third kappa shape index (κ3) is 2.63. The topological polar surface area (TPSA) is 97.5 Å². The van der Waals surface area contributed by atoms with Gasteiger partial charge in [0.25, 0.3) is 5.69 Å². The van der Waals surface area contributed by atoms with Crippen LogP contribution >= 0.6 is 0 Å². The lowest BCUT2D eigenvalue weighted by atomic mass is 10.0. The Kier molecular flexibility index (Phi) is 3.34. The lowest BCUT2D eigenvalue weighted by Crippen LogP contribution is -2.09. The number of aryl methyl sites for hydroxylation is 1. The minimum Gasteiger partial charge on any atom is -0.481 e. The average molecular weight is 223 g/mol. The van der Waals surface area contributed by atoms with Gasteiger partial charge in [-0.2, -0.15) is 0 Å². The summed E-state index contributed by atoms with van der Waals surface area (Å²) in [6.07, 6.45) is -0.746. The van der Waals surface area contributed by atoms with Gasteiger partial charge in [-0.05, 0) is 18.6 Å². The van der Waals surface area contributed by atoms with Crippen LogP contribution in [0.15, 0.2) is 18.2 Å². The molecule has 0 fully saturated rings. The lowest BCUT2D eigenvalue weighted by molar-refractivity contribution is -0.385. The van der Waals surface area contributed by atoms with Crippen LogP contribution in [0.5, 0.6) is 0 Å². The highest BCUT2D eigenvalue weighted by Crippen LogP contribution is 2.21. The Morgan fingerprint density at radius 3 is 2.56 bits per heavy atom. The molecule has 0 heterocycles. The fraction of sp³-hybridized carbons (Fsp3) is 0.200. The molecule has 0 aliphatic carbocycles. The van der Waals surface area contributed by atoms with Crippen molar-refractivity contribution >= 4 is 17.4 Å². The molecule has 1 aromatic rings. The Hall–Kier alpha value is -2.24. The number of nitro benzene ring substituents is 1. The first kappa shape index (κ1) is 11.8. The van der Waals surface area contributed by atoms with E-state index in [2.05, 4.69) is 0 Å². The Morgan fingerprint density at radius 2 is 2.06 bits per heavy atom. The van der Waals surface area contributed by atoms with E-state index in [-0.39, 0.29) is 11.3 Å². The molecule has 6 heteroatoms. The zero-order valence-electron chi connectivity index (χ0n) is 8.47. The number of hydrogen-bond acceptors (Lipinski definition) is 4. The highest BCUT2D eigenvalue weighted by atomic mass is 16.6. The fourth-order valence-corrected chi connectivity index (χ4v) is 1.27. The Morgan fingerprint density at radius 1 is 1.44 bits per heavy atom. The SMILES string of the molecule is Cc1ccc([N+](=O)[O-])c(C(=O)CC(=O)O)c1. The van der Waals surface area contributed by atoms with Crippen LogP contribution in [-0.2, 0) is 4.79 Å². The zero-order chi connectivity index (χ0) is 12.3. The molecule has 0 aliphatic rings. The van der Waals surface area contributed by atoms with Crippen molar-refractivity contribution in [3.63, 3.8) is 0 Å². The molecule has 0 unspecified atom stereocenters. The molecule has 0 bridgehead atoms. The lowest BCUT2D eigenvalue weighted by Gasteiger charge is -2.01. The van der Waals surface area contributed by atoms with Crippen molar-refractivity contribution in [1.29, 1.82) is 0 Å². The van der Waals surface area contributed by atoms with E-state index < -0.39 is 23.1 Å². The normalized spacial score (nSPS) is 9.81. The van der Waals surface area contributed by atoms with E-state index in [0.29, 0.717) is 5.56 Å².